The highest BCUT2D eigenvalue weighted by atomic mass is 16.5. The largest absolute Gasteiger partial charge is 0.490 e. The summed E-state index contributed by atoms with van der Waals surface area (Å²) in [7, 11) is 1.44. The molecule has 0 spiro atoms. The first-order valence-corrected chi connectivity index (χ1v) is 8.10. The first kappa shape index (κ1) is 17.2. The summed E-state index contributed by atoms with van der Waals surface area (Å²) in [5, 5.41) is 7.39. The summed E-state index contributed by atoms with van der Waals surface area (Å²) >= 11 is 0. The predicted octanol–water partition coefficient (Wildman–Crippen LogP) is 4.74. The van der Waals surface area contributed by atoms with Crippen molar-refractivity contribution in [3.63, 3.8) is 0 Å². The highest BCUT2D eigenvalue weighted by molar-refractivity contribution is 6.18. The van der Waals surface area contributed by atoms with E-state index < -0.39 is 11.5 Å². The molecule has 1 amide bonds. The Morgan fingerprint density at radius 3 is 2.57 bits per heavy atom. The van der Waals surface area contributed by atoms with Crippen molar-refractivity contribution in [1.82, 2.24) is 0 Å². The van der Waals surface area contributed by atoms with Crippen molar-refractivity contribution in [1.29, 1.82) is 0 Å². The minimum Gasteiger partial charge on any atom is -0.490 e. The zero-order valence-corrected chi connectivity index (χ0v) is 14.5. The molecule has 1 N–H and O–H groups in total. The molecule has 2 heterocycles. The van der Waals surface area contributed by atoms with Crippen LogP contribution < -0.4 is 15.7 Å². The van der Waals surface area contributed by atoms with E-state index in [1.807, 2.05) is 0 Å². The molecule has 9 nitrogen and oxygen atoms in total. The van der Waals surface area contributed by atoms with Crippen molar-refractivity contribution in [2.24, 2.45) is 5.11 Å². The SMILES string of the molecule is COc1c2occc2c(NC(=O)c2ccc(N=[N+]=[N-])cc2)c2ccc(=O)oc12. The fraction of sp³-hybridized carbons (Fsp3) is 0.0526. The van der Waals surface area contributed by atoms with Gasteiger partial charge >= 0.3 is 5.63 Å². The zero-order valence-electron chi connectivity index (χ0n) is 14.5. The maximum absolute atomic E-state index is 12.7. The number of furan rings is 1. The van der Waals surface area contributed by atoms with Gasteiger partial charge in [-0.15, -0.1) is 0 Å². The molecular weight excluding hydrogens is 364 g/mol. The molecule has 0 atom stereocenters. The van der Waals surface area contributed by atoms with Crippen LogP contribution in [0, 0.1) is 0 Å². The van der Waals surface area contributed by atoms with Gasteiger partial charge in [0, 0.05) is 33.0 Å². The lowest BCUT2D eigenvalue weighted by molar-refractivity contribution is 0.102. The summed E-state index contributed by atoms with van der Waals surface area (Å²) in [6, 6.07) is 10.6. The van der Waals surface area contributed by atoms with Gasteiger partial charge in [-0.05, 0) is 29.8 Å². The number of carbonyl (C=O) groups excluding carboxylic acids is 1. The smallest absolute Gasteiger partial charge is 0.336 e. The van der Waals surface area contributed by atoms with E-state index in [4.69, 9.17) is 19.1 Å². The lowest BCUT2D eigenvalue weighted by Crippen LogP contribution is -2.12. The van der Waals surface area contributed by atoms with Gasteiger partial charge in [0.15, 0.2) is 11.2 Å². The number of amides is 1. The molecule has 0 saturated carbocycles. The van der Waals surface area contributed by atoms with Crippen LogP contribution in [0.4, 0.5) is 11.4 Å². The van der Waals surface area contributed by atoms with Crippen LogP contribution in [-0.2, 0) is 0 Å². The van der Waals surface area contributed by atoms with E-state index in [1.54, 1.807) is 12.1 Å². The minimum atomic E-state index is -0.553. The standard InChI is InChI=1S/C19H12N4O5/c1-26-18-16-13(8-9-27-16)15(12-6-7-14(24)28-17(12)18)21-19(25)10-2-4-11(5-3-10)22-23-20/h2-9H,1H3,(H,21,25). The van der Waals surface area contributed by atoms with Crippen LogP contribution in [0.15, 0.2) is 67.5 Å². The Labute approximate surface area is 156 Å². The van der Waals surface area contributed by atoms with Crippen molar-refractivity contribution < 1.29 is 18.4 Å². The van der Waals surface area contributed by atoms with Crippen molar-refractivity contribution in [2.75, 3.05) is 12.4 Å². The van der Waals surface area contributed by atoms with Crippen molar-refractivity contribution >= 4 is 39.2 Å². The molecule has 4 rings (SSSR count). The molecule has 0 aliphatic rings. The fourth-order valence-electron chi connectivity index (χ4n) is 2.95. The van der Waals surface area contributed by atoms with Crippen LogP contribution >= 0.6 is 0 Å². The third-order valence-corrected chi connectivity index (χ3v) is 4.18. The lowest BCUT2D eigenvalue weighted by Gasteiger charge is -2.12. The Morgan fingerprint density at radius 1 is 1.11 bits per heavy atom. The van der Waals surface area contributed by atoms with Crippen LogP contribution in [-0.4, -0.2) is 13.0 Å². The highest BCUT2D eigenvalue weighted by Crippen LogP contribution is 2.41. The molecule has 9 heteroatoms. The summed E-state index contributed by atoms with van der Waals surface area (Å²) in [6.45, 7) is 0. The van der Waals surface area contributed by atoms with Crippen LogP contribution in [0.5, 0.6) is 5.75 Å². The van der Waals surface area contributed by atoms with Crippen LogP contribution in [0.1, 0.15) is 10.4 Å². The van der Waals surface area contributed by atoms with Crippen molar-refractivity contribution in [3.8, 4) is 5.75 Å². The molecule has 0 unspecified atom stereocenters. The summed E-state index contributed by atoms with van der Waals surface area (Å²) in [6.07, 6.45) is 1.45. The predicted molar refractivity (Wildman–Crippen MR) is 102 cm³/mol. The first-order chi connectivity index (χ1) is 13.6. The van der Waals surface area contributed by atoms with Gasteiger partial charge in [0.1, 0.15) is 0 Å². The molecule has 138 valence electrons. The number of ether oxygens (including phenoxy) is 1. The Balaban J connectivity index is 1.85. The number of hydrogen-bond donors (Lipinski definition) is 1. The minimum absolute atomic E-state index is 0.173. The summed E-state index contributed by atoms with van der Waals surface area (Å²) in [5.74, 6) is -0.128. The van der Waals surface area contributed by atoms with E-state index in [2.05, 4.69) is 15.3 Å². The van der Waals surface area contributed by atoms with Crippen LogP contribution in [0.3, 0.4) is 0 Å². The molecule has 4 aromatic rings. The third-order valence-electron chi connectivity index (χ3n) is 4.18. The quantitative estimate of drug-likeness (QED) is 0.238. The van der Waals surface area contributed by atoms with E-state index in [9.17, 15) is 9.59 Å². The van der Waals surface area contributed by atoms with Crippen LogP contribution in [0.2, 0.25) is 0 Å². The number of nitrogens with one attached hydrogen (secondary N) is 1. The molecular formula is C19H12N4O5. The summed E-state index contributed by atoms with van der Waals surface area (Å²) < 4.78 is 16.1. The van der Waals surface area contributed by atoms with E-state index in [0.717, 1.165) is 0 Å². The number of anilines is 1. The first-order valence-electron chi connectivity index (χ1n) is 8.10. The average Bonchev–Trinajstić information content (AvgIpc) is 3.18. The van der Waals surface area contributed by atoms with Gasteiger partial charge in [0.2, 0.25) is 5.75 Å². The van der Waals surface area contributed by atoms with Gasteiger partial charge in [0.05, 0.1) is 19.1 Å². The second-order valence-corrected chi connectivity index (χ2v) is 5.76. The topological polar surface area (TPSA) is 130 Å². The van der Waals surface area contributed by atoms with Crippen LogP contribution in [0.25, 0.3) is 32.4 Å². The van der Waals surface area contributed by atoms with E-state index in [1.165, 1.54) is 43.7 Å². The molecule has 0 aliphatic heterocycles. The number of carbonyl (C=O) groups is 1. The molecule has 2 aromatic heterocycles. The number of nitrogens with zero attached hydrogens (tertiary/aromatic N) is 3. The molecule has 0 fully saturated rings. The van der Waals surface area contributed by atoms with E-state index in [0.29, 0.717) is 33.3 Å². The lowest BCUT2D eigenvalue weighted by atomic mass is 10.1. The Bertz CT molecular complexity index is 1310. The zero-order chi connectivity index (χ0) is 19.7. The van der Waals surface area contributed by atoms with E-state index in [-0.39, 0.29) is 11.3 Å². The summed E-state index contributed by atoms with van der Waals surface area (Å²) in [5.41, 5.74) is 9.61. The Kier molecular flexibility index (Phi) is 4.19. The van der Waals surface area contributed by atoms with Gasteiger partial charge in [-0.2, -0.15) is 0 Å². The maximum Gasteiger partial charge on any atom is 0.336 e. The molecule has 0 saturated heterocycles. The van der Waals surface area contributed by atoms with Gasteiger partial charge in [-0.25, -0.2) is 4.79 Å². The molecule has 28 heavy (non-hydrogen) atoms. The number of methoxy groups -OCH3 is 1. The highest BCUT2D eigenvalue weighted by Gasteiger charge is 2.21. The van der Waals surface area contributed by atoms with E-state index >= 15 is 0 Å². The van der Waals surface area contributed by atoms with Crippen molar-refractivity contribution in [3.05, 3.63) is 75.2 Å². The fourth-order valence-corrected chi connectivity index (χ4v) is 2.95. The number of rotatable bonds is 4. The number of hydrogen-bond acceptors (Lipinski definition) is 6. The molecule has 0 radical (unpaired) electrons. The second kappa shape index (κ2) is 6.82. The number of azide groups is 1. The summed E-state index contributed by atoms with van der Waals surface area (Å²) in [4.78, 5) is 27.1. The second-order valence-electron chi connectivity index (χ2n) is 5.76. The molecule has 2 aromatic carbocycles. The van der Waals surface area contributed by atoms with Gasteiger partial charge < -0.3 is 18.9 Å². The van der Waals surface area contributed by atoms with Crippen molar-refractivity contribution in [2.45, 2.75) is 0 Å². The average molecular weight is 376 g/mol. The normalized spacial score (nSPS) is 10.6. The Hall–Kier alpha value is -4.23. The maximum atomic E-state index is 12.7. The van der Waals surface area contributed by atoms with Gasteiger partial charge in [-0.1, -0.05) is 17.2 Å². The molecule has 0 bridgehead atoms. The monoisotopic (exact) mass is 376 g/mol. The van der Waals surface area contributed by atoms with Gasteiger partial charge in [-0.3, -0.25) is 4.79 Å². The Morgan fingerprint density at radius 2 is 1.86 bits per heavy atom. The number of benzene rings is 2. The van der Waals surface area contributed by atoms with Gasteiger partial charge in [0.25, 0.3) is 5.91 Å². The molecule has 0 aliphatic carbocycles. The number of fused-ring (bicyclic) bond motifs is 2. The third kappa shape index (κ3) is 2.81.